The van der Waals surface area contributed by atoms with Gasteiger partial charge in [-0.05, 0) is 30.5 Å². The van der Waals surface area contributed by atoms with Crippen LogP contribution in [0.5, 0.6) is 5.75 Å². The van der Waals surface area contributed by atoms with E-state index in [0.717, 1.165) is 11.3 Å². The summed E-state index contributed by atoms with van der Waals surface area (Å²) < 4.78 is 10.9. The number of ether oxygens (including phenoxy) is 2. The maximum Gasteiger partial charge on any atom is 0.118 e. The Balaban J connectivity index is 2.81. The first-order chi connectivity index (χ1) is 8.10. The molecule has 0 saturated carbocycles. The molecule has 0 aromatic heterocycles. The predicted octanol–water partition coefficient (Wildman–Crippen LogP) is 2.76. The molecule has 1 aromatic rings. The second-order valence-electron chi connectivity index (χ2n) is 4.46. The normalized spacial score (nSPS) is 14.7. The number of rotatable bonds is 6. The van der Waals surface area contributed by atoms with Crippen LogP contribution >= 0.6 is 0 Å². The lowest BCUT2D eigenvalue weighted by molar-refractivity contribution is 0.0121. The zero-order valence-corrected chi connectivity index (χ0v) is 11.1. The van der Waals surface area contributed by atoms with Gasteiger partial charge in [0.15, 0.2) is 0 Å². The lowest BCUT2D eigenvalue weighted by Gasteiger charge is -2.27. The van der Waals surface area contributed by atoms with Crippen LogP contribution in [0.25, 0.3) is 0 Å². The molecule has 2 unspecified atom stereocenters. The minimum Gasteiger partial charge on any atom is -0.497 e. The van der Waals surface area contributed by atoms with E-state index in [9.17, 15) is 0 Å². The van der Waals surface area contributed by atoms with Crippen LogP contribution in [0, 0.1) is 5.92 Å². The number of benzene rings is 1. The van der Waals surface area contributed by atoms with E-state index in [1.54, 1.807) is 7.11 Å². The summed E-state index contributed by atoms with van der Waals surface area (Å²) in [7, 11) is 1.66. The van der Waals surface area contributed by atoms with Gasteiger partial charge >= 0.3 is 0 Å². The van der Waals surface area contributed by atoms with Crippen molar-refractivity contribution in [1.29, 1.82) is 0 Å². The molecule has 1 rings (SSSR count). The predicted molar refractivity (Wildman–Crippen MR) is 70.2 cm³/mol. The molecule has 0 aliphatic heterocycles. The zero-order valence-electron chi connectivity index (χ0n) is 11.1. The van der Waals surface area contributed by atoms with Crippen LogP contribution in [0.4, 0.5) is 0 Å². The Labute approximate surface area is 104 Å². The maximum atomic E-state index is 6.25. The van der Waals surface area contributed by atoms with E-state index in [2.05, 4.69) is 13.8 Å². The zero-order chi connectivity index (χ0) is 12.8. The molecule has 3 heteroatoms. The number of methoxy groups -OCH3 is 1. The molecule has 0 saturated heterocycles. The van der Waals surface area contributed by atoms with Gasteiger partial charge in [0.2, 0.25) is 0 Å². The van der Waals surface area contributed by atoms with Crippen LogP contribution < -0.4 is 10.5 Å². The van der Waals surface area contributed by atoms with E-state index in [4.69, 9.17) is 15.2 Å². The van der Waals surface area contributed by atoms with Crippen LogP contribution in [0.15, 0.2) is 24.3 Å². The van der Waals surface area contributed by atoms with Gasteiger partial charge in [0, 0.05) is 6.61 Å². The Bertz CT molecular complexity index is 321. The van der Waals surface area contributed by atoms with Gasteiger partial charge in [-0.25, -0.2) is 0 Å². The number of nitrogens with two attached hydrogens (primary N) is 1. The van der Waals surface area contributed by atoms with E-state index in [1.165, 1.54) is 0 Å². The van der Waals surface area contributed by atoms with Crippen molar-refractivity contribution in [2.75, 3.05) is 13.7 Å². The van der Waals surface area contributed by atoms with Gasteiger partial charge in [-0.3, -0.25) is 0 Å². The van der Waals surface area contributed by atoms with Gasteiger partial charge in [0.1, 0.15) is 5.75 Å². The maximum absolute atomic E-state index is 6.25. The molecule has 2 N–H and O–H groups in total. The first-order valence-electron chi connectivity index (χ1n) is 6.11. The molecule has 2 atom stereocenters. The van der Waals surface area contributed by atoms with Crippen LogP contribution in [-0.2, 0) is 4.74 Å². The lowest BCUT2D eigenvalue weighted by atomic mass is 9.94. The summed E-state index contributed by atoms with van der Waals surface area (Å²) in [5.41, 5.74) is 7.33. The highest BCUT2D eigenvalue weighted by Gasteiger charge is 2.23. The van der Waals surface area contributed by atoms with E-state index < -0.39 is 0 Å². The van der Waals surface area contributed by atoms with Crippen molar-refractivity contribution in [2.45, 2.75) is 32.9 Å². The third-order valence-corrected chi connectivity index (χ3v) is 2.87. The molecule has 96 valence electrons. The highest BCUT2D eigenvalue weighted by molar-refractivity contribution is 5.29. The lowest BCUT2D eigenvalue weighted by Crippen LogP contribution is -2.33. The summed E-state index contributed by atoms with van der Waals surface area (Å²) in [4.78, 5) is 0. The monoisotopic (exact) mass is 237 g/mol. The van der Waals surface area contributed by atoms with Crippen molar-refractivity contribution < 1.29 is 9.47 Å². The van der Waals surface area contributed by atoms with Gasteiger partial charge in [-0.2, -0.15) is 0 Å². The van der Waals surface area contributed by atoms with Crippen LogP contribution in [0.1, 0.15) is 32.4 Å². The first kappa shape index (κ1) is 14.0. The Hall–Kier alpha value is -1.06. The second-order valence-corrected chi connectivity index (χ2v) is 4.46. The van der Waals surface area contributed by atoms with Crippen molar-refractivity contribution in [3.63, 3.8) is 0 Å². The van der Waals surface area contributed by atoms with Crippen molar-refractivity contribution >= 4 is 0 Å². The molecule has 0 bridgehead atoms. The molecule has 3 nitrogen and oxygen atoms in total. The van der Waals surface area contributed by atoms with E-state index in [1.807, 2.05) is 31.2 Å². The highest BCUT2D eigenvalue weighted by atomic mass is 16.5. The third-order valence-electron chi connectivity index (χ3n) is 2.87. The van der Waals surface area contributed by atoms with Crippen molar-refractivity contribution in [2.24, 2.45) is 11.7 Å². The summed E-state index contributed by atoms with van der Waals surface area (Å²) in [5.74, 6) is 1.24. The molecule has 0 heterocycles. The quantitative estimate of drug-likeness (QED) is 0.827. The van der Waals surface area contributed by atoms with Crippen LogP contribution in [-0.4, -0.2) is 19.8 Å². The largest absolute Gasteiger partial charge is 0.497 e. The van der Waals surface area contributed by atoms with Crippen LogP contribution in [0.2, 0.25) is 0 Å². The summed E-state index contributed by atoms with van der Waals surface area (Å²) >= 11 is 0. The van der Waals surface area contributed by atoms with Gasteiger partial charge in [-0.1, -0.05) is 26.0 Å². The molecule has 0 aliphatic carbocycles. The molecule has 17 heavy (non-hydrogen) atoms. The molecule has 1 aromatic carbocycles. The summed E-state index contributed by atoms with van der Waals surface area (Å²) in [6.45, 7) is 6.94. The minimum atomic E-state index is -0.0964. The minimum absolute atomic E-state index is 0.0494. The van der Waals surface area contributed by atoms with Crippen molar-refractivity contribution in [1.82, 2.24) is 0 Å². The molecule has 0 spiro atoms. The number of hydrogen-bond donors (Lipinski definition) is 1. The fourth-order valence-corrected chi connectivity index (χ4v) is 1.92. The Morgan fingerprint density at radius 2 is 1.76 bits per heavy atom. The second kappa shape index (κ2) is 6.62. The van der Waals surface area contributed by atoms with Crippen molar-refractivity contribution in [3.8, 4) is 5.75 Å². The molecule has 0 fully saturated rings. The molecular formula is C14H23NO2. The van der Waals surface area contributed by atoms with E-state index >= 15 is 0 Å². The summed E-state index contributed by atoms with van der Waals surface area (Å²) in [6.07, 6.45) is 0.0494. The molecule has 0 radical (unpaired) electrons. The standard InChI is InChI=1S/C14H23NO2/c1-5-17-14(10(2)3)13(15)11-6-8-12(16-4)9-7-11/h6-10,13-14H,5,15H2,1-4H3. The Morgan fingerprint density at radius 3 is 2.18 bits per heavy atom. The summed E-state index contributed by atoms with van der Waals surface area (Å²) in [5, 5.41) is 0. The molecular weight excluding hydrogens is 214 g/mol. The van der Waals surface area contributed by atoms with Gasteiger partial charge in [0.05, 0.1) is 19.3 Å². The SMILES string of the molecule is CCOC(C(C)C)C(N)c1ccc(OC)cc1. The highest BCUT2D eigenvalue weighted by Crippen LogP contribution is 2.24. The van der Waals surface area contributed by atoms with Gasteiger partial charge < -0.3 is 15.2 Å². The topological polar surface area (TPSA) is 44.5 Å². The van der Waals surface area contributed by atoms with Gasteiger partial charge in [0.25, 0.3) is 0 Å². The average molecular weight is 237 g/mol. The summed E-state index contributed by atoms with van der Waals surface area (Å²) in [6, 6.07) is 7.76. The fourth-order valence-electron chi connectivity index (χ4n) is 1.92. The van der Waals surface area contributed by atoms with Crippen molar-refractivity contribution in [3.05, 3.63) is 29.8 Å². The first-order valence-corrected chi connectivity index (χ1v) is 6.11. The third kappa shape index (κ3) is 3.72. The van der Waals surface area contributed by atoms with Gasteiger partial charge in [-0.15, -0.1) is 0 Å². The Morgan fingerprint density at radius 1 is 1.18 bits per heavy atom. The van der Waals surface area contributed by atoms with E-state index in [0.29, 0.717) is 12.5 Å². The Kier molecular flexibility index (Phi) is 5.45. The number of hydrogen-bond acceptors (Lipinski definition) is 3. The smallest absolute Gasteiger partial charge is 0.118 e. The fraction of sp³-hybridized carbons (Fsp3) is 0.571. The van der Waals surface area contributed by atoms with E-state index in [-0.39, 0.29) is 12.1 Å². The van der Waals surface area contributed by atoms with Crippen LogP contribution in [0.3, 0.4) is 0 Å². The molecule has 0 amide bonds. The average Bonchev–Trinajstić information content (AvgIpc) is 2.35. The molecule has 0 aliphatic rings.